The van der Waals surface area contributed by atoms with Gasteiger partial charge in [-0.3, -0.25) is 4.79 Å². The number of hydrogen-bond acceptors (Lipinski definition) is 2. The first-order valence-electron chi connectivity index (χ1n) is 4.92. The second kappa shape index (κ2) is 6.16. The van der Waals surface area contributed by atoms with Gasteiger partial charge in [0.05, 0.1) is 5.56 Å². The first-order chi connectivity index (χ1) is 7.77. The summed E-state index contributed by atoms with van der Waals surface area (Å²) in [5.74, 6) is -0.333. The number of anilines is 1. The Hall–Kier alpha value is -1.67. The zero-order valence-electron chi connectivity index (χ0n) is 9.26. The van der Waals surface area contributed by atoms with Gasteiger partial charge >= 0.3 is 0 Å². The van der Waals surface area contributed by atoms with Crippen LogP contribution in [0.4, 0.5) is 5.69 Å². The summed E-state index contributed by atoms with van der Waals surface area (Å²) in [6.07, 6.45) is 0. The van der Waals surface area contributed by atoms with Gasteiger partial charge in [-0.05, 0) is 24.3 Å². The fourth-order valence-electron chi connectivity index (χ4n) is 1.39. The molecule has 0 aliphatic heterocycles. The SMILES string of the molecule is O=C(Nc1ccccc1)c1ccccc1O.[Zn]. The molecule has 2 aromatic rings. The van der Waals surface area contributed by atoms with Crippen LogP contribution in [-0.4, -0.2) is 11.0 Å². The van der Waals surface area contributed by atoms with Crippen molar-refractivity contribution in [3.63, 3.8) is 0 Å². The van der Waals surface area contributed by atoms with Crippen LogP contribution in [0.5, 0.6) is 5.75 Å². The summed E-state index contributed by atoms with van der Waals surface area (Å²) in [4.78, 5) is 11.8. The maximum absolute atomic E-state index is 11.8. The van der Waals surface area contributed by atoms with Crippen LogP contribution in [0, 0.1) is 0 Å². The average Bonchev–Trinajstić information content (AvgIpc) is 2.31. The van der Waals surface area contributed by atoms with Gasteiger partial charge in [0.25, 0.3) is 5.91 Å². The molecule has 2 N–H and O–H groups in total. The van der Waals surface area contributed by atoms with E-state index in [4.69, 9.17) is 0 Å². The number of carbonyl (C=O) groups excluding carboxylic acids is 1. The van der Waals surface area contributed by atoms with Crippen LogP contribution >= 0.6 is 0 Å². The monoisotopic (exact) mass is 277 g/mol. The van der Waals surface area contributed by atoms with Crippen LogP contribution in [0.1, 0.15) is 10.4 Å². The summed E-state index contributed by atoms with van der Waals surface area (Å²) in [5.41, 5.74) is 0.974. The van der Waals surface area contributed by atoms with E-state index in [0.29, 0.717) is 5.69 Å². The summed E-state index contributed by atoms with van der Waals surface area (Å²) in [6.45, 7) is 0. The smallest absolute Gasteiger partial charge is 0.259 e. The number of carbonyl (C=O) groups is 1. The second-order valence-corrected chi connectivity index (χ2v) is 3.34. The minimum atomic E-state index is -0.315. The Bertz CT molecular complexity index is 500. The summed E-state index contributed by atoms with van der Waals surface area (Å²) >= 11 is 0. The number of amides is 1. The molecule has 0 aliphatic rings. The third kappa shape index (κ3) is 3.40. The van der Waals surface area contributed by atoms with Crippen molar-refractivity contribution >= 4 is 11.6 Å². The number of rotatable bonds is 2. The average molecular weight is 279 g/mol. The molecule has 0 bridgehead atoms. The molecule has 0 fully saturated rings. The van der Waals surface area contributed by atoms with Crippen molar-refractivity contribution in [2.45, 2.75) is 0 Å². The zero-order chi connectivity index (χ0) is 11.4. The molecule has 0 aromatic heterocycles. The van der Waals surface area contributed by atoms with Crippen molar-refractivity contribution in [3.05, 3.63) is 60.2 Å². The quantitative estimate of drug-likeness (QED) is 0.830. The minimum absolute atomic E-state index is 0. The summed E-state index contributed by atoms with van der Waals surface area (Å²) < 4.78 is 0. The third-order valence-corrected chi connectivity index (χ3v) is 2.18. The molecular formula is C13H11NO2Zn. The van der Waals surface area contributed by atoms with Gasteiger partial charge in [-0.1, -0.05) is 30.3 Å². The molecule has 0 heterocycles. The van der Waals surface area contributed by atoms with E-state index in [1.807, 2.05) is 18.2 Å². The van der Waals surface area contributed by atoms with Gasteiger partial charge in [0.1, 0.15) is 5.75 Å². The van der Waals surface area contributed by atoms with Crippen molar-refractivity contribution in [2.24, 2.45) is 0 Å². The third-order valence-electron chi connectivity index (χ3n) is 2.18. The van der Waals surface area contributed by atoms with E-state index >= 15 is 0 Å². The predicted octanol–water partition coefficient (Wildman–Crippen LogP) is 2.64. The Balaban J connectivity index is 0.00000144. The Kier molecular flexibility index (Phi) is 4.86. The second-order valence-electron chi connectivity index (χ2n) is 3.34. The number of benzene rings is 2. The van der Waals surface area contributed by atoms with Gasteiger partial charge in [0.2, 0.25) is 0 Å². The molecule has 0 saturated heterocycles. The van der Waals surface area contributed by atoms with Crippen LogP contribution in [0.2, 0.25) is 0 Å². The van der Waals surface area contributed by atoms with E-state index in [1.54, 1.807) is 30.3 Å². The zero-order valence-corrected chi connectivity index (χ0v) is 12.2. The first-order valence-corrected chi connectivity index (χ1v) is 4.92. The molecule has 0 aliphatic carbocycles. The maximum Gasteiger partial charge on any atom is 0.259 e. The van der Waals surface area contributed by atoms with Crippen molar-refractivity contribution in [3.8, 4) is 5.75 Å². The van der Waals surface area contributed by atoms with Crippen LogP contribution in [0.3, 0.4) is 0 Å². The number of aromatic hydroxyl groups is 1. The van der Waals surface area contributed by atoms with Gasteiger partial charge in [-0.2, -0.15) is 0 Å². The van der Waals surface area contributed by atoms with Crippen molar-refractivity contribution < 1.29 is 29.4 Å². The van der Waals surface area contributed by atoms with Gasteiger partial charge in [0, 0.05) is 25.2 Å². The van der Waals surface area contributed by atoms with Gasteiger partial charge < -0.3 is 10.4 Å². The number of phenolic OH excluding ortho intramolecular Hbond substituents is 1. The van der Waals surface area contributed by atoms with E-state index < -0.39 is 0 Å². The Labute approximate surface area is 112 Å². The molecule has 1 amide bonds. The Morgan fingerprint density at radius 3 is 2.18 bits per heavy atom. The number of para-hydroxylation sites is 2. The fraction of sp³-hybridized carbons (Fsp3) is 0. The van der Waals surface area contributed by atoms with E-state index in [1.165, 1.54) is 6.07 Å². The molecule has 2 rings (SSSR count). The van der Waals surface area contributed by atoms with Crippen molar-refractivity contribution in [1.29, 1.82) is 0 Å². The molecule has 0 atom stereocenters. The molecule has 2 aromatic carbocycles. The molecular weight excluding hydrogens is 268 g/mol. The standard InChI is InChI=1S/C13H11NO2.Zn/c15-12-9-5-4-8-11(12)13(16)14-10-6-2-1-3-7-10;/h1-9,15H,(H,14,16);. The van der Waals surface area contributed by atoms with Crippen LogP contribution in [0.15, 0.2) is 54.6 Å². The van der Waals surface area contributed by atoms with Crippen LogP contribution in [0.25, 0.3) is 0 Å². The number of phenols is 1. The molecule has 0 unspecified atom stereocenters. The van der Waals surface area contributed by atoms with Crippen LogP contribution in [-0.2, 0) is 19.5 Å². The van der Waals surface area contributed by atoms with Gasteiger partial charge in [-0.15, -0.1) is 0 Å². The van der Waals surface area contributed by atoms with Gasteiger partial charge in [0.15, 0.2) is 0 Å². The molecule has 82 valence electrons. The molecule has 0 spiro atoms. The summed E-state index contributed by atoms with van der Waals surface area (Å²) in [5, 5.41) is 12.2. The Morgan fingerprint density at radius 1 is 0.941 bits per heavy atom. The predicted molar refractivity (Wildman–Crippen MR) is 62.5 cm³/mol. The topological polar surface area (TPSA) is 49.3 Å². The Morgan fingerprint density at radius 2 is 1.53 bits per heavy atom. The normalized spacial score (nSPS) is 9.18. The fourth-order valence-corrected chi connectivity index (χ4v) is 1.39. The van der Waals surface area contributed by atoms with E-state index in [0.717, 1.165) is 0 Å². The number of nitrogens with one attached hydrogen (secondary N) is 1. The van der Waals surface area contributed by atoms with Crippen molar-refractivity contribution in [1.82, 2.24) is 0 Å². The molecule has 0 radical (unpaired) electrons. The largest absolute Gasteiger partial charge is 0.507 e. The molecule has 3 nitrogen and oxygen atoms in total. The van der Waals surface area contributed by atoms with Gasteiger partial charge in [-0.25, -0.2) is 0 Å². The van der Waals surface area contributed by atoms with E-state index in [9.17, 15) is 9.90 Å². The molecule has 17 heavy (non-hydrogen) atoms. The first kappa shape index (κ1) is 13.4. The maximum atomic E-state index is 11.8. The summed E-state index contributed by atoms with van der Waals surface area (Å²) in [6, 6.07) is 15.6. The van der Waals surface area contributed by atoms with Crippen LogP contribution < -0.4 is 5.32 Å². The molecule has 4 heteroatoms. The van der Waals surface area contributed by atoms with E-state index in [2.05, 4.69) is 5.32 Å². The van der Waals surface area contributed by atoms with Crippen molar-refractivity contribution in [2.75, 3.05) is 5.32 Å². The molecule has 0 saturated carbocycles. The minimum Gasteiger partial charge on any atom is -0.507 e. The summed E-state index contributed by atoms with van der Waals surface area (Å²) in [7, 11) is 0. The van der Waals surface area contributed by atoms with E-state index in [-0.39, 0.29) is 36.7 Å². The number of hydrogen-bond donors (Lipinski definition) is 2.